The molecule has 1 aromatic carbocycles. The van der Waals surface area contributed by atoms with Gasteiger partial charge in [0.2, 0.25) is 0 Å². The van der Waals surface area contributed by atoms with E-state index in [0.717, 1.165) is 0 Å². The highest BCUT2D eigenvalue weighted by Gasteiger charge is 2.06. The molecule has 21 heavy (non-hydrogen) atoms. The van der Waals surface area contributed by atoms with Gasteiger partial charge >= 0.3 is 0 Å². The number of hydrogen-bond acceptors (Lipinski definition) is 4. The van der Waals surface area contributed by atoms with Crippen molar-refractivity contribution in [1.29, 1.82) is 0 Å². The average Bonchev–Trinajstić information content (AvgIpc) is 2.48. The van der Waals surface area contributed by atoms with Crippen molar-refractivity contribution >= 4 is 29.1 Å². The lowest BCUT2D eigenvalue weighted by atomic mass is 10.1. The molecule has 108 valence electrons. The first-order chi connectivity index (χ1) is 10.0. The number of Topliss-reactive ketones (excluding diaryl/α,β-unsaturated/α-hetero) is 1. The van der Waals surface area contributed by atoms with E-state index in [1.165, 1.54) is 13.1 Å². The van der Waals surface area contributed by atoms with Crippen molar-refractivity contribution in [3.63, 3.8) is 0 Å². The Morgan fingerprint density at radius 3 is 2.76 bits per heavy atom. The van der Waals surface area contributed by atoms with Crippen LogP contribution >= 0.6 is 11.6 Å². The van der Waals surface area contributed by atoms with Crippen LogP contribution in [0.2, 0.25) is 5.02 Å². The van der Waals surface area contributed by atoms with Crippen LogP contribution in [0, 0.1) is 0 Å². The van der Waals surface area contributed by atoms with E-state index in [9.17, 15) is 9.59 Å². The quantitative estimate of drug-likeness (QED) is 0.862. The van der Waals surface area contributed by atoms with Crippen LogP contribution in [-0.4, -0.2) is 23.3 Å². The van der Waals surface area contributed by atoms with Crippen LogP contribution in [0.1, 0.15) is 17.3 Å². The van der Waals surface area contributed by atoms with Gasteiger partial charge in [-0.2, -0.15) is 0 Å². The number of amides is 1. The number of ketones is 1. The van der Waals surface area contributed by atoms with Crippen LogP contribution in [0.15, 0.2) is 42.6 Å². The highest BCUT2D eigenvalue weighted by molar-refractivity contribution is 6.30. The van der Waals surface area contributed by atoms with Crippen molar-refractivity contribution in [3.05, 3.63) is 53.2 Å². The number of nitrogens with zero attached hydrogens (tertiary/aromatic N) is 1. The maximum absolute atomic E-state index is 11.7. The van der Waals surface area contributed by atoms with Gasteiger partial charge in [-0.15, -0.1) is 0 Å². The third kappa shape index (κ3) is 4.57. The van der Waals surface area contributed by atoms with E-state index >= 15 is 0 Å². The molecule has 5 nitrogen and oxygen atoms in total. The number of nitrogens with one attached hydrogen (secondary N) is 1. The molecule has 0 unspecified atom stereocenters. The molecule has 6 heteroatoms. The molecule has 1 heterocycles. The highest BCUT2D eigenvalue weighted by Crippen LogP contribution is 2.14. The molecule has 2 aromatic rings. The number of carbonyl (C=O) groups excluding carboxylic acids is 2. The second kappa shape index (κ2) is 6.85. The number of carbonyl (C=O) groups is 2. The van der Waals surface area contributed by atoms with E-state index < -0.39 is 0 Å². The van der Waals surface area contributed by atoms with E-state index in [-0.39, 0.29) is 18.3 Å². The Bertz CT molecular complexity index is 656. The Morgan fingerprint density at radius 2 is 2.10 bits per heavy atom. The minimum absolute atomic E-state index is 0.0599. The predicted molar refractivity (Wildman–Crippen MR) is 79.8 cm³/mol. The number of pyridine rings is 1. The van der Waals surface area contributed by atoms with E-state index in [4.69, 9.17) is 16.3 Å². The molecule has 1 amide bonds. The molecular formula is C15H13ClN2O3. The molecule has 0 fully saturated rings. The maximum Gasteiger partial charge on any atom is 0.263 e. The van der Waals surface area contributed by atoms with Crippen LogP contribution in [0.25, 0.3) is 0 Å². The van der Waals surface area contributed by atoms with E-state index in [2.05, 4.69) is 10.3 Å². The first-order valence-corrected chi connectivity index (χ1v) is 6.57. The van der Waals surface area contributed by atoms with Gasteiger partial charge in [-0.1, -0.05) is 23.7 Å². The van der Waals surface area contributed by atoms with Gasteiger partial charge in [-0.05, 0) is 31.2 Å². The van der Waals surface area contributed by atoms with Crippen LogP contribution in [0.3, 0.4) is 0 Å². The van der Waals surface area contributed by atoms with Gasteiger partial charge < -0.3 is 10.1 Å². The summed E-state index contributed by atoms with van der Waals surface area (Å²) >= 11 is 5.70. The molecule has 0 aliphatic rings. The second-order valence-electron chi connectivity index (χ2n) is 4.28. The first kappa shape index (κ1) is 15.0. The molecule has 0 aliphatic carbocycles. The zero-order chi connectivity index (χ0) is 15.2. The standard InChI is InChI=1S/C15H13ClN2O3/c1-10(19)11-3-2-4-13(7-11)21-9-15(20)18-14-6-5-12(16)8-17-14/h2-8H,9H2,1H3,(H,17,18,20). The summed E-state index contributed by atoms with van der Waals surface area (Å²) < 4.78 is 5.34. The van der Waals surface area contributed by atoms with Crippen LogP contribution in [-0.2, 0) is 4.79 Å². The Morgan fingerprint density at radius 1 is 1.29 bits per heavy atom. The number of halogens is 1. The number of aromatic nitrogens is 1. The van der Waals surface area contributed by atoms with Crippen molar-refractivity contribution in [2.75, 3.05) is 11.9 Å². The van der Waals surface area contributed by atoms with E-state index in [1.807, 2.05) is 0 Å². The number of hydrogen-bond donors (Lipinski definition) is 1. The van der Waals surface area contributed by atoms with Crippen LogP contribution in [0.5, 0.6) is 5.75 Å². The largest absolute Gasteiger partial charge is 0.484 e. The van der Waals surface area contributed by atoms with E-state index in [0.29, 0.717) is 22.2 Å². The molecule has 0 saturated heterocycles. The maximum atomic E-state index is 11.7. The van der Waals surface area contributed by atoms with Gasteiger partial charge in [-0.3, -0.25) is 9.59 Å². The smallest absolute Gasteiger partial charge is 0.263 e. The third-order valence-electron chi connectivity index (χ3n) is 2.61. The van der Waals surface area contributed by atoms with E-state index in [1.54, 1.807) is 36.4 Å². The minimum atomic E-state index is -0.349. The van der Waals surface area contributed by atoms with Crippen molar-refractivity contribution in [2.24, 2.45) is 0 Å². The monoisotopic (exact) mass is 304 g/mol. The summed E-state index contributed by atoms with van der Waals surface area (Å²) in [7, 11) is 0. The molecule has 1 aromatic heterocycles. The van der Waals surface area contributed by atoms with Crippen molar-refractivity contribution in [3.8, 4) is 5.75 Å². The Hall–Kier alpha value is -2.40. The summed E-state index contributed by atoms with van der Waals surface area (Å²) in [5, 5.41) is 3.07. The SMILES string of the molecule is CC(=O)c1cccc(OCC(=O)Nc2ccc(Cl)cn2)c1. The van der Waals surface area contributed by atoms with Gasteiger partial charge in [0, 0.05) is 11.8 Å². The van der Waals surface area contributed by atoms with Gasteiger partial charge in [0.05, 0.1) is 5.02 Å². The molecule has 2 rings (SSSR count). The first-order valence-electron chi connectivity index (χ1n) is 6.20. The summed E-state index contributed by atoms with van der Waals surface area (Å²) in [4.78, 5) is 26.9. The molecule has 0 bridgehead atoms. The molecular weight excluding hydrogens is 292 g/mol. The van der Waals surface area contributed by atoms with Crippen molar-refractivity contribution in [2.45, 2.75) is 6.92 Å². The summed E-state index contributed by atoms with van der Waals surface area (Å²) in [6.07, 6.45) is 1.44. The molecule has 0 atom stereocenters. The summed E-state index contributed by atoms with van der Waals surface area (Å²) in [5.41, 5.74) is 0.535. The molecule has 0 radical (unpaired) electrons. The lowest BCUT2D eigenvalue weighted by Gasteiger charge is -2.07. The molecule has 0 spiro atoms. The van der Waals surface area contributed by atoms with Crippen LogP contribution < -0.4 is 10.1 Å². The fourth-order valence-corrected chi connectivity index (χ4v) is 1.69. The van der Waals surface area contributed by atoms with Gasteiger partial charge in [0.15, 0.2) is 12.4 Å². The molecule has 0 saturated carbocycles. The topological polar surface area (TPSA) is 68.3 Å². The summed E-state index contributed by atoms with van der Waals surface area (Å²) in [6.45, 7) is 1.30. The Balaban J connectivity index is 1.90. The normalized spacial score (nSPS) is 10.0. The minimum Gasteiger partial charge on any atom is -0.484 e. The van der Waals surface area contributed by atoms with Gasteiger partial charge in [-0.25, -0.2) is 4.98 Å². The molecule has 1 N–H and O–H groups in total. The number of benzene rings is 1. The lowest BCUT2D eigenvalue weighted by Crippen LogP contribution is -2.20. The Labute approximate surface area is 126 Å². The number of anilines is 1. The van der Waals surface area contributed by atoms with Gasteiger partial charge in [0.1, 0.15) is 11.6 Å². The predicted octanol–water partition coefficient (Wildman–Crippen LogP) is 2.96. The lowest BCUT2D eigenvalue weighted by molar-refractivity contribution is -0.118. The third-order valence-corrected chi connectivity index (χ3v) is 2.83. The fourth-order valence-electron chi connectivity index (χ4n) is 1.58. The molecule has 0 aliphatic heterocycles. The van der Waals surface area contributed by atoms with Crippen LogP contribution in [0.4, 0.5) is 5.82 Å². The number of ether oxygens (including phenoxy) is 1. The van der Waals surface area contributed by atoms with Gasteiger partial charge in [0.25, 0.3) is 5.91 Å². The average molecular weight is 305 g/mol. The zero-order valence-electron chi connectivity index (χ0n) is 11.3. The van der Waals surface area contributed by atoms with Crippen molar-refractivity contribution in [1.82, 2.24) is 4.98 Å². The zero-order valence-corrected chi connectivity index (χ0v) is 12.1. The summed E-state index contributed by atoms with van der Waals surface area (Å²) in [5.74, 6) is 0.445. The summed E-state index contributed by atoms with van der Waals surface area (Å²) in [6, 6.07) is 9.88. The Kier molecular flexibility index (Phi) is 4.90. The highest BCUT2D eigenvalue weighted by atomic mass is 35.5. The number of rotatable bonds is 5. The fraction of sp³-hybridized carbons (Fsp3) is 0.133. The second-order valence-corrected chi connectivity index (χ2v) is 4.72. The van der Waals surface area contributed by atoms with Crippen molar-refractivity contribution < 1.29 is 14.3 Å².